The van der Waals surface area contributed by atoms with Gasteiger partial charge in [-0.15, -0.1) is 0 Å². The first kappa shape index (κ1) is 76.6. The third kappa shape index (κ3) is 65.4. The molecule has 0 aliphatic carbocycles. The summed E-state index contributed by atoms with van der Waals surface area (Å²) >= 11 is 0. The maximum atomic E-state index is 12.9. The molecule has 0 rings (SSSR count). The Hall–Kier alpha value is -3.41. The molecule has 80 heavy (non-hydrogen) atoms. The average Bonchev–Trinajstić information content (AvgIpc) is 3.46. The number of hydrogen-bond donors (Lipinski definition) is 0. The van der Waals surface area contributed by atoms with E-state index < -0.39 is 6.10 Å². The van der Waals surface area contributed by atoms with Crippen LogP contribution < -0.4 is 0 Å². The molecule has 0 aliphatic rings. The molecule has 0 bridgehead atoms. The molecular weight excluding hydrogens is 985 g/mol. The van der Waals surface area contributed by atoms with E-state index in [0.29, 0.717) is 19.3 Å². The van der Waals surface area contributed by atoms with Crippen LogP contribution >= 0.6 is 0 Å². The number of esters is 3. The summed E-state index contributed by atoms with van der Waals surface area (Å²) in [5, 5.41) is 0. The molecule has 1 unspecified atom stereocenters. The van der Waals surface area contributed by atoms with Gasteiger partial charge in [-0.05, 0) is 89.9 Å². The molecular formula is C74H130O6. The largest absolute Gasteiger partial charge is 0.462 e. The minimum Gasteiger partial charge on any atom is -0.462 e. The second-order valence-corrected chi connectivity index (χ2v) is 23.1. The van der Waals surface area contributed by atoms with Crippen LogP contribution in [0.2, 0.25) is 0 Å². The van der Waals surface area contributed by atoms with E-state index in [-0.39, 0.29) is 31.1 Å². The lowest BCUT2D eigenvalue weighted by molar-refractivity contribution is -0.167. The third-order valence-corrected chi connectivity index (χ3v) is 15.1. The summed E-state index contributed by atoms with van der Waals surface area (Å²) < 4.78 is 16.9. The van der Waals surface area contributed by atoms with Crippen LogP contribution in [0.15, 0.2) is 85.1 Å². The summed E-state index contributed by atoms with van der Waals surface area (Å²) in [6.07, 6.45) is 90.5. The molecule has 0 spiro atoms. The molecule has 0 saturated carbocycles. The Morgan fingerprint density at radius 1 is 0.263 bits per heavy atom. The monoisotopic (exact) mass is 1110 g/mol. The summed E-state index contributed by atoms with van der Waals surface area (Å²) in [5.74, 6) is -0.908. The van der Waals surface area contributed by atoms with E-state index in [0.717, 1.165) is 116 Å². The van der Waals surface area contributed by atoms with Gasteiger partial charge in [-0.1, -0.05) is 324 Å². The number of allylic oxidation sites excluding steroid dienone is 14. The quantitative estimate of drug-likeness (QED) is 0.0261. The van der Waals surface area contributed by atoms with Crippen LogP contribution in [0.4, 0.5) is 0 Å². The minimum atomic E-state index is -0.794. The lowest BCUT2D eigenvalue weighted by Crippen LogP contribution is -2.30. The van der Waals surface area contributed by atoms with Crippen LogP contribution in [0, 0.1) is 0 Å². The molecule has 6 heteroatoms. The van der Waals surface area contributed by atoms with Crippen molar-refractivity contribution in [1.82, 2.24) is 0 Å². The van der Waals surface area contributed by atoms with Crippen molar-refractivity contribution in [2.24, 2.45) is 0 Å². The summed E-state index contributed by atoms with van der Waals surface area (Å²) in [5.41, 5.74) is 0. The van der Waals surface area contributed by atoms with Gasteiger partial charge >= 0.3 is 17.9 Å². The van der Waals surface area contributed by atoms with E-state index in [1.807, 2.05) is 0 Å². The number of unbranched alkanes of at least 4 members (excludes halogenated alkanes) is 38. The maximum absolute atomic E-state index is 12.9. The van der Waals surface area contributed by atoms with Gasteiger partial charge in [0.25, 0.3) is 0 Å². The van der Waals surface area contributed by atoms with Crippen molar-refractivity contribution in [3.8, 4) is 0 Å². The Bertz CT molecular complexity index is 1520. The van der Waals surface area contributed by atoms with E-state index in [1.165, 1.54) is 193 Å². The first-order chi connectivity index (χ1) is 39.5. The van der Waals surface area contributed by atoms with Crippen molar-refractivity contribution in [1.29, 1.82) is 0 Å². The van der Waals surface area contributed by atoms with E-state index >= 15 is 0 Å². The molecule has 0 aromatic heterocycles. The summed E-state index contributed by atoms with van der Waals surface area (Å²) in [6, 6.07) is 0. The number of rotatable bonds is 63. The van der Waals surface area contributed by atoms with Crippen molar-refractivity contribution >= 4 is 17.9 Å². The van der Waals surface area contributed by atoms with Crippen molar-refractivity contribution in [3.05, 3.63) is 85.1 Å². The standard InChI is InChI=1S/C74H130O6/c1-4-7-10-13-16-19-22-24-26-28-30-32-34-35-36-37-38-40-41-43-45-47-49-52-55-58-61-64-67-73(76)79-70-71(69-78-72(75)66-63-60-57-54-51-21-18-15-12-9-6-3)80-74(77)68-65-62-59-56-53-50-48-46-44-42-39-33-31-29-27-25-23-20-17-14-11-8-5-2/h8,11,15,17-18,20,25,27,31,33,42,44,48,50,71H,4-7,9-10,12-14,16,19,21-24,26,28-30,32,34-41,43,45-47,49,51-70H2,1-3H3/b11-8-,18-15-,20-17-,27-25-,33-31-,44-42-,50-48-. The fourth-order valence-corrected chi connectivity index (χ4v) is 9.96. The Labute approximate surface area is 496 Å². The van der Waals surface area contributed by atoms with E-state index in [4.69, 9.17) is 14.2 Å². The predicted molar refractivity (Wildman–Crippen MR) is 348 cm³/mol. The van der Waals surface area contributed by atoms with Crippen LogP contribution in [0.25, 0.3) is 0 Å². The Balaban J connectivity index is 4.24. The normalized spacial score (nSPS) is 12.6. The highest BCUT2D eigenvalue weighted by Gasteiger charge is 2.19. The van der Waals surface area contributed by atoms with Gasteiger partial charge in [0.2, 0.25) is 0 Å². The molecule has 0 amide bonds. The molecule has 6 nitrogen and oxygen atoms in total. The van der Waals surface area contributed by atoms with Crippen LogP contribution in [-0.2, 0) is 28.6 Å². The highest BCUT2D eigenvalue weighted by molar-refractivity contribution is 5.71. The van der Waals surface area contributed by atoms with Crippen LogP contribution in [0.1, 0.15) is 348 Å². The van der Waals surface area contributed by atoms with Crippen molar-refractivity contribution in [2.75, 3.05) is 13.2 Å². The first-order valence-corrected chi connectivity index (χ1v) is 34.6. The second-order valence-electron chi connectivity index (χ2n) is 23.1. The SMILES string of the molecule is CC/C=C\C/C=C\C/C=C\C/C=C\C/C=C\C/C=C\CCCCCCC(=O)OC(COC(=O)CCCCCCC/C=C\CCCC)COC(=O)CCCCCCCCCCCCCCCCCCCCCCCCCCCCCC. The van der Waals surface area contributed by atoms with E-state index in [2.05, 4.69) is 106 Å². The van der Waals surface area contributed by atoms with Crippen LogP contribution in [-0.4, -0.2) is 37.2 Å². The van der Waals surface area contributed by atoms with Gasteiger partial charge in [0.1, 0.15) is 13.2 Å². The molecule has 0 aromatic carbocycles. The molecule has 0 aliphatic heterocycles. The summed E-state index contributed by atoms with van der Waals surface area (Å²) in [6.45, 7) is 6.50. The Kier molecular flexibility index (Phi) is 65.2. The molecule has 0 N–H and O–H groups in total. The molecule has 0 aromatic rings. The maximum Gasteiger partial charge on any atom is 0.306 e. The summed E-state index contributed by atoms with van der Waals surface area (Å²) in [7, 11) is 0. The van der Waals surface area contributed by atoms with Crippen LogP contribution in [0.5, 0.6) is 0 Å². The third-order valence-electron chi connectivity index (χ3n) is 15.1. The first-order valence-electron chi connectivity index (χ1n) is 34.6. The van der Waals surface area contributed by atoms with Crippen molar-refractivity contribution < 1.29 is 28.6 Å². The number of carbonyl (C=O) groups is 3. The van der Waals surface area contributed by atoms with E-state index in [1.54, 1.807) is 0 Å². The van der Waals surface area contributed by atoms with Gasteiger partial charge in [0.05, 0.1) is 0 Å². The number of carbonyl (C=O) groups excluding carboxylic acids is 3. The second kappa shape index (κ2) is 68.1. The molecule has 0 fully saturated rings. The lowest BCUT2D eigenvalue weighted by Gasteiger charge is -2.18. The summed E-state index contributed by atoms with van der Waals surface area (Å²) in [4.78, 5) is 38.3. The van der Waals surface area contributed by atoms with Gasteiger partial charge in [0, 0.05) is 19.3 Å². The highest BCUT2D eigenvalue weighted by atomic mass is 16.6. The zero-order chi connectivity index (χ0) is 57.8. The van der Waals surface area contributed by atoms with Gasteiger partial charge in [0.15, 0.2) is 6.10 Å². The topological polar surface area (TPSA) is 78.9 Å². The van der Waals surface area contributed by atoms with Crippen molar-refractivity contribution in [3.63, 3.8) is 0 Å². The predicted octanol–water partition coefficient (Wildman–Crippen LogP) is 23.8. The van der Waals surface area contributed by atoms with Crippen LogP contribution in [0.3, 0.4) is 0 Å². The lowest BCUT2D eigenvalue weighted by atomic mass is 10.0. The highest BCUT2D eigenvalue weighted by Crippen LogP contribution is 2.18. The van der Waals surface area contributed by atoms with Gasteiger partial charge in [-0.3, -0.25) is 14.4 Å². The molecule has 0 radical (unpaired) electrons. The van der Waals surface area contributed by atoms with Crippen molar-refractivity contribution in [2.45, 2.75) is 354 Å². The van der Waals surface area contributed by atoms with E-state index in [9.17, 15) is 14.4 Å². The molecule has 0 heterocycles. The smallest absolute Gasteiger partial charge is 0.306 e. The van der Waals surface area contributed by atoms with Gasteiger partial charge in [-0.25, -0.2) is 0 Å². The number of ether oxygens (including phenoxy) is 3. The zero-order valence-corrected chi connectivity index (χ0v) is 53.1. The fourth-order valence-electron chi connectivity index (χ4n) is 9.96. The minimum absolute atomic E-state index is 0.0871. The molecule has 1 atom stereocenters. The molecule has 462 valence electrons. The Morgan fingerprint density at radius 2 is 0.500 bits per heavy atom. The molecule has 0 saturated heterocycles. The number of hydrogen-bond acceptors (Lipinski definition) is 6. The van der Waals surface area contributed by atoms with Gasteiger partial charge in [-0.2, -0.15) is 0 Å². The Morgan fingerprint density at radius 3 is 0.812 bits per heavy atom. The fraction of sp³-hybridized carbons (Fsp3) is 0.770. The zero-order valence-electron chi connectivity index (χ0n) is 53.1. The average molecular weight is 1120 g/mol. The van der Waals surface area contributed by atoms with Gasteiger partial charge < -0.3 is 14.2 Å².